The zero-order valence-corrected chi connectivity index (χ0v) is 22.8. The van der Waals surface area contributed by atoms with Gasteiger partial charge in [0.25, 0.3) is 0 Å². The van der Waals surface area contributed by atoms with E-state index in [1.54, 1.807) is 13.0 Å². The Morgan fingerprint density at radius 3 is 1.44 bits per heavy atom. The second-order valence-corrected chi connectivity index (χ2v) is 8.70. The van der Waals surface area contributed by atoms with Crippen LogP contribution in [0.3, 0.4) is 0 Å². The van der Waals surface area contributed by atoms with Crippen molar-refractivity contribution in [3.05, 3.63) is 108 Å². The number of ether oxygens (including phenoxy) is 6. The van der Waals surface area contributed by atoms with Crippen molar-refractivity contribution in [2.45, 2.75) is 20.8 Å². The van der Waals surface area contributed by atoms with Crippen LogP contribution in [-0.4, -0.2) is 37.5 Å². The van der Waals surface area contributed by atoms with Gasteiger partial charge in [-0.25, -0.2) is 19.2 Å². The van der Waals surface area contributed by atoms with Crippen LogP contribution in [0.1, 0.15) is 40.1 Å². The van der Waals surface area contributed by atoms with Crippen molar-refractivity contribution in [2.75, 3.05) is 13.6 Å². The molecule has 0 aliphatic rings. The van der Waals surface area contributed by atoms with Crippen molar-refractivity contribution in [1.82, 2.24) is 0 Å². The van der Waals surface area contributed by atoms with Gasteiger partial charge in [-0.05, 0) is 93.1 Å². The third-order valence-corrected chi connectivity index (χ3v) is 5.27. The summed E-state index contributed by atoms with van der Waals surface area (Å²) in [7, 11) is 0. The molecule has 0 heterocycles. The lowest BCUT2D eigenvalue weighted by Crippen LogP contribution is -2.12. The van der Waals surface area contributed by atoms with Crippen LogP contribution in [-0.2, 0) is 19.1 Å². The summed E-state index contributed by atoms with van der Waals surface area (Å²) in [6, 6.07) is 16.8. The van der Waals surface area contributed by atoms with E-state index >= 15 is 0 Å². The molecule has 212 valence electrons. The molecule has 10 heteroatoms. The molecule has 0 N–H and O–H groups in total. The van der Waals surface area contributed by atoms with Gasteiger partial charge in [0.2, 0.25) is 13.6 Å². The molecule has 0 aliphatic heterocycles. The van der Waals surface area contributed by atoms with E-state index in [-0.39, 0.29) is 47.4 Å². The Hall–Kier alpha value is -5.38. The fourth-order valence-electron chi connectivity index (χ4n) is 3.05. The van der Waals surface area contributed by atoms with Gasteiger partial charge in [-0.2, -0.15) is 0 Å². The van der Waals surface area contributed by atoms with Crippen molar-refractivity contribution in [3.63, 3.8) is 0 Å². The maximum absolute atomic E-state index is 12.6. The second kappa shape index (κ2) is 14.1. The summed E-state index contributed by atoms with van der Waals surface area (Å²) in [5, 5.41) is 0. The third kappa shape index (κ3) is 9.10. The summed E-state index contributed by atoms with van der Waals surface area (Å²) >= 11 is 0. The Balaban J connectivity index is 1.51. The highest BCUT2D eigenvalue weighted by Crippen LogP contribution is 2.26. The van der Waals surface area contributed by atoms with Crippen molar-refractivity contribution in [1.29, 1.82) is 0 Å². The van der Waals surface area contributed by atoms with Crippen molar-refractivity contribution >= 4 is 23.9 Å². The van der Waals surface area contributed by atoms with Gasteiger partial charge in [0, 0.05) is 11.1 Å². The Morgan fingerprint density at radius 2 is 1.02 bits per heavy atom. The first-order chi connectivity index (χ1) is 19.5. The van der Waals surface area contributed by atoms with Gasteiger partial charge in [0.15, 0.2) is 0 Å². The van der Waals surface area contributed by atoms with E-state index in [4.69, 9.17) is 28.4 Å². The average Bonchev–Trinajstić information content (AvgIpc) is 2.94. The molecular weight excluding hydrogens is 532 g/mol. The molecule has 3 aromatic rings. The quantitative estimate of drug-likeness (QED) is 0.124. The Kier molecular flexibility index (Phi) is 10.4. The molecule has 3 aromatic carbocycles. The van der Waals surface area contributed by atoms with Crippen LogP contribution in [0.5, 0.6) is 23.0 Å². The molecule has 10 nitrogen and oxygen atoms in total. The molecule has 0 unspecified atom stereocenters. The predicted octanol–water partition coefficient (Wildman–Crippen LogP) is 5.34. The number of hydrogen-bond donors (Lipinski definition) is 0. The number of esters is 4. The lowest BCUT2D eigenvalue weighted by molar-refractivity contribution is -0.146. The molecule has 0 bridgehead atoms. The van der Waals surface area contributed by atoms with Gasteiger partial charge in [0.1, 0.15) is 23.0 Å². The largest absolute Gasteiger partial charge is 0.457 e. The van der Waals surface area contributed by atoms with Crippen LogP contribution >= 0.6 is 0 Å². The van der Waals surface area contributed by atoms with Gasteiger partial charge >= 0.3 is 23.9 Å². The lowest BCUT2D eigenvalue weighted by Gasteiger charge is -2.11. The zero-order chi connectivity index (χ0) is 29.9. The minimum atomic E-state index is -0.605. The standard InChI is InChI=1S/C31H28O10/c1-19(2)28(32)38-17-36-24-10-6-22(7-11-24)30(34)40-26-14-15-27(21(5)16-26)41-31(35)23-8-12-25(13-9-23)37-18-39-29(33)20(3)4/h6-16H,1,3,17-18H2,2,4-5H3. The van der Waals surface area contributed by atoms with Crippen molar-refractivity contribution < 1.29 is 47.6 Å². The lowest BCUT2D eigenvalue weighted by atomic mass is 10.2. The Labute approximate surface area is 236 Å². The van der Waals surface area contributed by atoms with Crippen LogP contribution in [0.4, 0.5) is 0 Å². The SMILES string of the molecule is C=C(C)C(=O)OCOc1ccc(C(=O)Oc2ccc(OC(=O)c3ccc(OCOC(=O)C(=C)C)cc3)c(C)c2)cc1. The maximum atomic E-state index is 12.6. The molecular formula is C31H28O10. The molecule has 0 amide bonds. The van der Waals surface area contributed by atoms with Crippen LogP contribution in [0.15, 0.2) is 91.0 Å². The van der Waals surface area contributed by atoms with Gasteiger partial charge in [-0.1, -0.05) is 13.2 Å². The smallest absolute Gasteiger partial charge is 0.343 e. The first-order valence-electron chi connectivity index (χ1n) is 12.2. The molecule has 0 fully saturated rings. The van der Waals surface area contributed by atoms with Gasteiger partial charge in [-0.3, -0.25) is 0 Å². The van der Waals surface area contributed by atoms with Crippen LogP contribution < -0.4 is 18.9 Å². The molecule has 0 aromatic heterocycles. The summed E-state index contributed by atoms with van der Waals surface area (Å²) in [6.07, 6.45) is 0. The van der Waals surface area contributed by atoms with Crippen molar-refractivity contribution in [3.8, 4) is 23.0 Å². The van der Waals surface area contributed by atoms with Crippen LogP contribution in [0, 0.1) is 6.92 Å². The van der Waals surface area contributed by atoms with E-state index in [0.29, 0.717) is 17.1 Å². The van der Waals surface area contributed by atoms with Crippen LogP contribution in [0.2, 0.25) is 0 Å². The number of benzene rings is 3. The summed E-state index contributed by atoms with van der Waals surface area (Å²) in [4.78, 5) is 47.9. The minimum absolute atomic E-state index is 0.256. The number of carbonyl (C=O) groups excluding carboxylic acids is 4. The number of rotatable bonds is 12. The first-order valence-corrected chi connectivity index (χ1v) is 12.2. The summed E-state index contributed by atoms with van der Waals surface area (Å²) in [5.41, 5.74) is 1.62. The van der Waals surface area contributed by atoms with E-state index in [0.717, 1.165) is 0 Å². The first kappa shape index (κ1) is 30.2. The highest BCUT2D eigenvalue weighted by molar-refractivity contribution is 5.92. The zero-order valence-electron chi connectivity index (χ0n) is 22.8. The summed E-state index contributed by atoms with van der Waals surface area (Å²) in [5.74, 6) is -1.01. The highest BCUT2D eigenvalue weighted by Gasteiger charge is 2.14. The van der Waals surface area contributed by atoms with E-state index in [1.165, 1.54) is 74.5 Å². The van der Waals surface area contributed by atoms with Gasteiger partial charge in [-0.15, -0.1) is 0 Å². The molecule has 0 atom stereocenters. The normalized spacial score (nSPS) is 10.1. The molecule has 3 rings (SSSR count). The second-order valence-electron chi connectivity index (χ2n) is 8.70. The molecule has 0 radical (unpaired) electrons. The van der Waals surface area contributed by atoms with Gasteiger partial charge < -0.3 is 28.4 Å². The number of aryl methyl sites for hydroxylation is 1. The fraction of sp³-hybridized carbons (Fsp3) is 0.161. The van der Waals surface area contributed by atoms with E-state index in [9.17, 15) is 19.2 Å². The van der Waals surface area contributed by atoms with Crippen molar-refractivity contribution in [2.24, 2.45) is 0 Å². The third-order valence-electron chi connectivity index (χ3n) is 5.27. The number of carbonyl (C=O) groups is 4. The maximum Gasteiger partial charge on any atom is 0.343 e. The number of hydrogen-bond acceptors (Lipinski definition) is 10. The average molecular weight is 561 g/mol. The highest BCUT2D eigenvalue weighted by atomic mass is 16.7. The monoisotopic (exact) mass is 560 g/mol. The molecule has 0 aliphatic carbocycles. The summed E-state index contributed by atoms with van der Waals surface area (Å²) in [6.45, 7) is 11.1. The van der Waals surface area contributed by atoms with Crippen LogP contribution in [0.25, 0.3) is 0 Å². The van der Waals surface area contributed by atoms with E-state index < -0.39 is 23.9 Å². The fourth-order valence-corrected chi connectivity index (χ4v) is 3.05. The van der Waals surface area contributed by atoms with E-state index in [1.807, 2.05) is 0 Å². The molecule has 0 saturated carbocycles. The predicted molar refractivity (Wildman–Crippen MR) is 147 cm³/mol. The topological polar surface area (TPSA) is 124 Å². The molecule has 0 spiro atoms. The summed E-state index contributed by atoms with van der Waals surface area (Å²) < 4.78 is 31.2. The minimum Gasteiger partial charge on any atom is -0.457 e. The van der Waals surface area contributed by atoms with E-state index in [2.05, 4.69) is 13.2 Å². The molecule has 41 heavy (non-hydrogen) atoms. The Bertz CT molecular complexity index is 1450. The Morgan fingerprint density at radius 1 is 0.610 bits per heavy atom. The molecule has 0 saturated heterocycles. The van der Waals surface area contributed by atoms with Gasteiger partial charge in [0.05, 0.1) is 11.1 Å².